The van der Waals surface area contributed by atoms with E-state index in [0.717, 1.165) is 0 Å². The van der Waals surface area contributed by atoms with E-state index in [9.17, 15) is 18.0 Å². The Hall–Kier alpha value is -1.93. The molecule has 0 saturated carbocycles. The number of nitrogens with zero attached hydrogens (tertiary/aromatic N) is 1. The number of amides is 2. The van der Waals surface area contributed by atoms with Crippen LogP contribution in [-0.2, 0) is 19.6 Å². The van der Waals surface area contributed by atoms with Crippen molar-refractivity contribution in [2.24, 2.45) is 11.3 Å². The fraction of sp³-hybridized carbons (Fsp3) is 0.579. The maximum Gasteiger partial charge on any atom is 0.240 e. The molecule has 0 radical (unpaired) electrons. The molecule has 1 aliphatic rings. The fourth-order valence-electron chi connectivity index (χ4n) is 3.05. The molecule has 0 unspecified atom stereocenters. The molecule has 7 nitrogen and oxygen atoms in total. The molecule has 0 spiro atoms. The normalized spacial score (nSPS) is 16.2. The van der Waals surface area contributed by atoms with E-state index in [0.29, 0.717) is 38.2 Å². The van der Waals surface area contributed by atoms with Crippen molar-refractivity contribution in [3.63, 3.8) is 0 Å². The summed E-state index contributed by atoms with van der Waals surface area (Å²) in [5, 5.41) is 2.84. The molecule has 1 aliphatic heterocycles. The van der Waals surface area contributed by atoms with Crippen LogP contribution in [0.3, 0.4) is 0 Å². The number of anilines is 1. The van der Waals surface area contributed by atoms with Gasteiger partial charge in [0, 0.05) is 36.7 Å². The van der Waals surface area contributed by atoms with Crippen LogP contribution < -0.4 is 10.0 Å². The van der Waals surface area contributed by atoms with Gasteiger partial charge in [0.1, 0.15) is 0 Å². The Labute approximate surface area is 161 Å². The number of hydrogen-bond acceptors (Lipinski definition) is 4. The minimum absolute atomic E-state index is 0.0971. The van der Waals surface area contributed by atoms with Gasteiger partial charge in [0.2, 0.25) is 21.8 Å². The van der Waals surface area contributed by atoms with Gasteiger partial charge in [-0.05, 0) is 37.1 Å². The SMILES string of the molecule is CCNS(=O)(=O)c1ccc(NC(=O)C2CCN(C(=O)C(C)(C)C)CC2)cc1. The van der Waals surface area contributed by atoms with Gasteiger partial charge >= 0.3 is 0 Å². The zero-order valence-electron chi connectivity index (χ0n) is 16.4. The standard InChI is InChI=1S/C19H29N3O4S/c1-5-20-27(25,26)16-8-6-15(7-9-16)21-17(23)14-10-12-22(13-11-14)18(24)19(2,3)4/h6-9,14,20H,5,10-13H2,1-4H3,(H,21,23). The maximum absolute atomic E-state index is 12.5. The molecule has 8 heteroatoms. The van der Waals surface area contributed by atoms with Crippen molar-refractivity contribution in [3.8, 4) is 0 Å². The van der Waals surface area contributed by atoms with Crippen molar-refractivity contribution in [2.45, 2.75) is 45.4 Å². The van der Waals surface area contributed by atoms with E-state index in [4.69, 9.17) is 0 Å². The highest BCUT2D eigenvalue weighted by molar-refractivity contribution is 7.89. The number of likely N-dealkylation sites (tertiary alicyclic amines) is 1. The average molecular weight is 396 g/mol. The Morgan fingerprint density at radius 1 is 1.11 bits per heavy atom. The summed E-state index contributed by atoms with van der Waals surface area (Å²) in [5.74, 6) is -0.141. The van der Waals surface area contributed by atoms with Crippen molar-refractivity contribution < 1.29 is 18.0 Å². The topological polar surface area (TPSA) is 95.6 Å². The van der Waals surface area contributed by atoms with Gasteiger partial charge in [-0.25, -0.2) is 13.1 Å². The molecule has 0 aromatic heterocycles. The van der Waals surface area contributed by atoms with Crippen LogP contribution in [0.15, 0.2) is 29.2 Å². The van der Waals surface area contributed by atoms with Gasteiger partial charge in [0.25, 0.3) is 0 Å². The first kappa shape index (κ1) is 21.4. The third-order valence-corrected chi connectivity index (χ3v) is 6.12. The van der Waals surface area contributed by atoms with E-state index >= 15 is 0 Å². The van der Waals surface area contributed by atoms with E-state index in [1.54, 1.807) is 19.1 Å². The first-order valence-corrected chi connectivity index (χ1v) is 10.7. The molecule has 27 heavy (non-hydrogen) atoms. The monoisotopic (exact) mass is 395 g/mol. The fourth-order valence-corrected chi connectivity index (χ4v) is 4.10. The summed E-state index contributed by atoms with van der Waals surface area (Å²) in [6.07, 6.45) is 1.25. The lowest BCUT2D eigenvalue weighted by molar-refractivity contribution is -0.142. The van der Waals surface area contributed by atoms with Crippen molar-refractivity contribution >= 4 is 27.5 Å². The van der Waals surface area contributed by atoms with E-state index in [1.807, 2.05) is 25.7 Å². The first-order chi connectivity index (χ1) is 12.5. The van der Waals surface area contributed by atoms with Crippen molar-refractivity contribution in [2.75, 3.05) is 25.0 Å². The maximum atomic E-state index is 12.5. The van der Waals surface area contributed by atoms with Gasteiger partial charge in [0.15, 0.2) is 0 Å². The van der Waals surface area contributed by atoms with Crippen molar-refractivity contribution in [1.82, 2.24) is 9.62 Å². The number of sulfonamides is 1. The van der Waals surface area contributed by atoms with Gasteiger partial charge in [-0.15, -0.1) is 0 Å². The molecule has 1 saturated heterocycles. The largest absolute Gasteiger partial charge is 0.342 e. The van der Waals surface area contributed by atoms with Gasteiger partial charge < -0.3 is 10.2 Å². The highest BCUT2D eigenvalue weighted by atomic mass is 32.2. The smallest absolute Gasteiger partial charge is 0.240 e. The molecule has 0 bridgehead atoms. The Kier molecular flexibility index (Phi) is 6.64. The second-order valence-electron chi connectivity index (χ2n) is 7.83. The number of nitrogens with one attached hydrogen (secondary N) is 2. The molecule has 150 valence electrons. The molecule has 2 N–H and O–H groups in total. The number of carbonyl (C=O) groups is 2. The molecule has 2 amide bonds. The van der Waals surface area contributed by atoms with E-state index in [-0.39, 0.29) is 22.6 Å². The Morgan fingerprint density at radius 2 is 1.67 bits per heavy atom. The molecule has 1 aromatic carbocycles. The lowest BCUT2D eigenvalue weighted by atomic mass is 9.90. The van der Waals surface area contributed by atoms with Crippen molar-refractivity contribution in [1.29, 1.82) is 0 Å². The van der Waals surface area contributed by atoms with Crippen LogP contribution in [0.4, 0.5) is 5.69 Å². The summed E-state index contributed by atoms with van der Waals surface area (Å²) >= 11 is 0. The predicted molar refractivity (Wildman–Crippen MR) is 105 cm³/mol. The zero-order chi connectivity index (χ0) is 20.2. The molecular formula is C19H29N3O4S. The summed E-state index contributed by atoms with van der Waals surface area (Å²) in [4.78, 5) is 26.8. The molecular weight excluding hydrogens is 366 g/mol. The first-order valence-electron chi connectivity index (χ1n) is 9.24. The Bertz CT molecular complexity index is 774. The summed E-state index contributed by atoms with van der Waals surface area (Å²) in [5.41, 5.74) is 0.146. The number of benzene rings is 1. The number of rotatable bonds is 5. The number of carbonyl (C=O) groups excluding carboxylic acids is 2. The zero-order valence-corrected chi connectivity index (χ0v) is 17.2. The van der Waals surface area contributed by atoms with E-state index < -0.39 is 15.4 Å². The predicted octanol–water partition coefficient (Wildman–Crippen LogP) is 2.21. The molecule has 2 rings (SSSR count). The van der Waals surface area contributed by atoms with Crippen molar-refractivity contribution in [3.05, 3.63) is 24.3 Å². The van der Waals surface area contributed by atoms with Gasteiger partial charge in [-0.1, -0.05) is 27.7 Å². The molecule has 1 aromatic rings. The van der Waals surface area contributed by atoms with E-state index in [1.165, 1.54) is 12.1 Å². The van der Waals surface area contributed by atoms with Crippen LogP contribution in [0.2, 0.25) is 0 Å². The minimum atomic E-state index is -3.50. The third-order valence-electron chi connectivity index (χ3n) is 4.56. The molecule has 0 atom stereocenters. The summed E-state index contributed by atoms with van der Waals surface area (Å²) in [7, 11) is -3.50. The van der Waals surface area contributed by atoms with Crippen LogP contribution in [0.5, 0.6) is 0 Å². The van der Waals surface area contributed by atoms with Gasteiger partial charge in [0.05, 0.1) is 4.90 Å². The molecule has 1 fully saturated rings. The second kappa shape index (κ2) is 8.39. The lowest BCUT2D eigenvalue weighted by Crippen LogP contribution is -2.45. The summed E-state index contributed by atoms with van der Waals surface area (Å²) in [6.45, 7) is 8.88. The van der Waals surface area contributed by atoms with Crippen LogP contribution in [0, 0.1) is 11.3 Å². The average Bonchev–Trinajstić information content (AvgIpc) is 2.61. The van der Waals surface area contributed by atoms with E-state index in [2.05, 4.69) is 10.0 Å². The Morgan fingerprint density at radius 3 is 2.15 bits per heavy atom. The molecule has 1 heterocycles. The highest BCUT2D eigenvalue weighted by Gasteiger charge is 2.32. The van der Waals surface area contributed by atoms with Crippen LogP contribution in [0.25, 0.3) is 0 Å². The van der Waals surface area contributed by atoms with Crippen LogP contribution >= 0.6 is 0 Å². The number of piperidine rings is 1. The molecule has 0 aliphatic carbocycles. The minimum Gasteiger partial charge on any atom is -0.342 e. The highest BCUT2D eigenvalue weighted by Crippen LogP contribution is 2.24. The summed E-state index contributed by atoms with van der Waals surface area (Å²) in [6, 6.07) is 6.11. The lowest BCUT2D eigenvalue weighted by Gasteiger charge is -2.35. The van der Waals surface area contributed by atoms with Gasteiger partial charge in [-0.2, -0.15) is 0 Å². The Balaban J connectivity index is 1.92. The summed E-state index contributed by atoms with van der Waals surface area (Å²) < 4.78 is 26.3. The third kappa shape index (κ3) is 5.52. The second-order valence-corrected chi connectivity index (χ2v) is 9.60. The van der Waals surface area contributed by atoms with Crippen LogP contribution in [0.1, 0.15) is 40.5 Å². The number of hydrogen-bond donors (Lipinski definition) is 2. The van der Waals surface area contributed by atoms with Gasteiger partial charge in [-0.3, -0.25) is 9.59 Å². The quantitative estimate of drug-likeness (QED) is 0.799. The van der Waals surface area contributed by atoms with Crippen LogP contribution in [-0.4, -0.2) is 44.8 Å².